The predicted octanol–water partition coefficient (Wildman–Crippen LogP) is 7.92. The minimum Gasteiger partial charge on any atom is -0.390 e. The van der Waals surface area contributed by atoms with Crippen molar-refractivity contribution in [3.8, 4) is 0 Å². The highest BCUT2D eigenvalue weighted by molar-refractivity contribution is 7.99. The normalized spacial score (nSPS) is 21.5. The molecule has 1 aromatic carbocycles. The van der Waals surface area contributed by atoms with E-state index in [0.29, 0.717) is 6.42 Å². The van der Waals surface area contributed by atoms with Gasteiger partial charge in [0, 0.05) is 17.1 Å². The first-order valence-electron chi connectivity index (χ1n) is 13.9. The van der Waals surface area contributed by atoms with Crippen LogP contribution in [0.1, 0.15) is 116 Å². The fraction of sp³-hybridized carbons (Fsp3) is 0.793. The molecule has 0 amide bonds. The molecule has 0 unspecified atom stereocenters. The lowest BCUT2D eigenvalue weighted by atomic mass is 10.0. The number of benzene rings is 1. The molecule has 4 heteroatoms. The van der Waals surface area contributed by atoms with Gasteiger partial charge in [0.2, 0.25) is 0 Å². The molecule has 1 aliphatic rings. The molecule has 3 nitrogen and oxygen atoms in total. The Morgan fingerprint density at radius 1 is 0.818 bits per heavy atom. The quantitative estimate of drug-likeness (QED) is 0.148. The first kappa shape index (κ1) is 28.7. The summed E-state index contributed by atoms with van der Waals surface area (Å²) in [4.78, 5) is 1.19. The molecular weight excluding hydrogens is 428 g/mol. The highest BCUT2D eigenvalue weighted by Crippen LogP contribution is 2.29. The molecule has 2 rings (SSSR count). The topological polar surface area (TPSA) is 49.7 Å². The lowest BCUT2D eigenvalue weighted by molar-refractivity contribution is -0.0382. The lowest BCUT2D eigenvalue weighted by Gasteiger charge is -2.19. The summed E-state index contributed by atoms with van der Waals surface area (Å²) in [5, 5.41) is 20.9. The molecule has 0 saturated carbocycles. The second-order valence-corrected chi connectivity index (χ2v) is 11.0. The third kappa shape index (κ3) is 13.2. The zero-order chi connectivity index (χ0) is 23.6. The summed E-state index contributed by atoms with van der Waals surface area (Å²) >= 11 is 1.71. The standard InChI is InChI=1S/C29H50O3S/c1-2-3-4-5-6-7-8-9-10-11-12-13-14-15-19-22-26(30)28-23-27(31)29(32-28)24-33-25-20-17-16-18-21-25/h16-18,20-21,26-31H,2-15,19,22-24H2,1H3/t26-,27+,28-,29+/m0/s1. The van der Waals surface area contributed by atoms with E-state index in [1.807, 2.05) is 18.2 Å². The molecule has 0 radical (unpaired) electrons. The molecule has 1 fully saturated rings. The Balaban J connectivity index is 1.39. The monoisotopic (exact) mass is 478 g/mol. The van der Waals surface area contributed by atoms with Gasteiger partial charge in [-0.05, 0) is 18.6 Å². The number of rotatable bonds is 20. The van der Waals surface area contributed by atoms with Crippen molar-refractivity contribution in [1.82, 2.24) is 0 Å². The number of unbranched alkanes of at least 4 members (excludes halogenated alkanes) is 14. The fourth-order valence-corrected chi connectivity index (χ4v) is 5.77. The van der Waals surface area contributed by atoms with Gasteiger partial charge in [0.15, 0.2) is 0 Å². The van der Waals surface area contributed by atoms with Crippen LogP contribution in [0, 0.1) is 0 Å². The van der Waals surface area contributed by atoms with Crippen molar-refractivity contribution in [1.29, 1.82) is 0 Å². The summed E-state index contributed by atoms with van der Waals surface area (Å²) in [6.07, 6.45) is 20.3. The van der Waals surface area contributed by atoms with Gasteiger partial charge in [-0.25, -0.2) is 0 Å². The fourth-order valence-electron chi connectivity index (χ4n) is 4.76. The summed E-state index contributed by atoms with van der Waals surface area (Å²) in [5.41, 5.74) is 0. The molecular formula is C29H50O3S. The largest absolute Gasteiger partial charge is 0.390 e. The Bertz CT molecular complexity index is 567. The summed E-state index contributed by atoms with van der Waals surface area (Å²) in [6.45, 7) is 2.28. The van der Waals surface area contributed by atoms with Gasteiger partial charge < -0.3 is 14.9 Å². The van der Waals surface area contributed by atoms with E-state index in [1.54, 1.807) is 11.8 Å². The van der Waals surface area contributed by atoms with Gasteiger partial charge in [-0.3, -0.25) is 0 Å². The van der Waals surface area contributed by atoms with E-state index in [9.17, 15) is 10.2 Å². The lowest BCUT2D eigenvalue weighted by Crippen LogP contribution is -2.27. The smallest absolute Gasteiger partial charge is 0.0933 e. The van der Waals surface area contributed by atoms with Crippen LogP contribution >= 0.6 is 11.8 Å². The van der Waals surface area contributed by atoms with Crippen molar-refractivity contribution in [3.63, 3.8) is 0 Å². The van der Waals surface area contributed by atoms with Crippen molar-refractivity contribution in [2.24, 2.45) is 0 Å². The Hall–Kier alpha value is -0.550. The van der Waals surface area contributed by atoms with Crippen molar-refractivity contribution in [2.75, 3.05) is 5.75 Å². The number of ether oxygens (including phenoxy) is 1. The Kier molecular flexibility index (Phi) is 16.3. The van der Waals surface area contributed by atoms with Crippen LogP contribution in [-0.2, 0) is 4.74 Å². The van der Waals surface area contributed by atoms with Crippen LogP contribution in [0.3, 0.4) is 0 Å². The van der Waals surface area contributed by atoms with E-state index < -0.39 is 12.2 Å². The van der Waals surface area contributed by atoms with Gasteiger partial charge in [-0.1, -0.05) is 121 Å². The summed E-state index contributed by atoms with van der Waals surface area (Å²) in [5.74, 6) is 0.730. The Morgan fingerprint density at radius 3 is 1.88 bits per heavy atom. The molecule has 190 valence electrons. The SMILES string of the molecule is CCCCCCCCCCCCCCCCC[C@H](O)[C@@H]1C[C@@H](O)[C@@H](CSc2ccccc2)O1. The van der Waals surface area contributed by atoms with Crippen LogP contribution in [0.5, 0.6) is 0 Å². The van der Waals surface area contributed by atoms with Crippen LogP contribution in [0.15, 0.2) is 35.2 Å². The second-order valence-electron chi connectivity index (χ2n) is 9.95. The van der Waals surface area contributed by atoms with Gasteiger partial charge in [0.25, 0.3) is 0 Å². The van der Waals surface area contributed by atoms with Crippen LogP contribution in [-0.4, -0.2) is 40.4 Å². The van der Waals surface area contributed by atoms with Crippen LogP contribution < -0.4 is 0 Å². The molecule has 1 aliphatic heterocycles. The molecule has 0 spiro atoms. The summed E-state index contributed by atoms with van der Waals surface area (Å²) in [6, 6.07) is 10.2. The minimum absolute atomic E-state index is 0.184. The zero-order valence-corrected chi connectivity index (χ0v) is 22.0. The minimum atomic E-state index is -0.470. The van der Waals surface area contributed by atoms with Crippen LogP contribution in [0.25, 0.3) is 0 Å². The second kappa shape index (κ2) is 18.7. The summed E-state index contributed by atoms with van der Waals surface area (Å²) < 4.78 is 6.01. The number of aliphatic hydroxyl groups excluding tert-OH is 2. The van der Waals surface area contributed by atoms with Gasteiger partial charge in [-0.2, -0.15) is 0 Å². The molecule has 0 aliphatic carbocycles. The molecule has 2 N–H and O–H groups in total. The average molecular weight is 479 g/mol. The van der Waals surface area contributed by atoms with Crippen molar-refractivity contribution >= 4 is 11.8 Å². The molecule has 4 atom stereocenters. The third-order valence-electron chi connectivity index (χ3n) is 6.94. The van der Waals surface area contributed by atoms with Crippen molar-refractivity contribution in [2.45, 2.75) is 145 Å². The van der Waals surface area contributed by atoms with Gasteiger partial charge in [0.1, 0.15) is 0 Å². The third-order valence-corrected chi connectivity index (χ3v) is 8.04. The first-order valence-corrected chi connectivity index (χ1v) is 14.9. The maximum absolute atomic E-state index is 10.5. The highest BCUT2D eigenvalue weighted by Gasteiger charge is 2.37. The predicted molar refractivity (Wildman–Crippen MR) is 142 cm³/mol. The number of hydrogen-bond donors (Lipinski definition) is 2. The number of aliphatic hydroxyl groups is 2. The van der Waals surface area contributed by atoms with Crippen LogP contribution in [0.2, 0.25) is 0 Å². The maximum Gasteiger partial charge on any atom is 0.0933 e. The van der Waals surface area contributed by atoms with Gasteiger partial charge in [0.05, 0.1) is 24.4 Å². The highest BCUT2D eigenvalue weighted by atomic mass is 32.2. The average Bonchev–Trinajstić information content (AvgIpc) is 3.21. The van der Waals surface area contributed by atoms with E-state index in [1.165, 1.54) is 94.8 Å². The zero-order valence-electron chi connectivity index (χ0n) is 21.1. The molecule has 1 aromatic rings. The first-order chi connectivity index (χ1) is 16.2. The number of thioether (sulfide) groups is 1. The van der Waals surface area contributed by atoms with Crippen molar-refractivity contribution < 1.29 is 14.9 Å². The van der Waals surface area contributed by atoms with Gasteiger partial charge in [-0.15, -0.1) is 11.8 Å². The molecule has 1 heterocycles. The molecule has 0 aromatic heterocycles. The Morgan fingerprint density at radius 2 is 1.33 bits per heavy atom. The molecule has 33 heavy (non-hydrogen) atoms. The van der Waals surface area contributed by atoms with E-state index in [2.05, 4.69) is 19.1 Å². The van der Waals surface area contributed by atoms with E-state index in [4.69, 9.17) is 4.74 Å². The number of hydrogen-bond acceptors (Lipinski definition) is 4. The van der Waals surface area contributed by atoms with E-state index in [-0.39, 0.29) is 12.2 Å². The summed E-state index contributed by atoms with van der Waals surface area (Å²) in [7, 11) is 0. The van der Waals surface area contributed by atoms with Gasteiger partial charge >= 0.3 is 0 Å². The molecule has 0 bridgehead atoms. The van der Waals surface area contributed by atoms with Crippen LogP contribution in [0.4, 0.5) is 0 Å². The van der Waals surface area contributed by atoms with E-state index in [0.717, 1.165) is 18.6 Å². The van der Waals surface area contributed by atoms with Crippen molar-refractivity contribution in [3.05, 3.63) is 30.3 Å². The molecule has 1 saturated heterocycles. The Labute approximate surface area is 208 Å². The van der Waals surface area contributed by atoms with E-state index >= 15 is 0 Å². The maximum atomic E-state index is 10.5.